The van der Waals surface area contributed by atoms with Crippen LogP contribution in [0.5, 0.6) is 5.75 Å². The number of hydrogen-bond acceptors (Lipinski definition) is 2. The van der Waals surface area contributed by atoms with Crippen LogP contribution in [0.1, 0.15) is 12.5 Å². The summed E-state index contributed by atoms with van der Waals surface area (Å²) in [6.07, 6.45) is 2.70. The van der Waals surface area contributed by atoms with Gasteiger partial charge in [0.25, 0.3) is 0 Å². The number of rotatable bonds is 4. The standard InChI is InChI=1S/C11H12FNO2/c1-2-15-10-7-9(12)5-3-8(10)4-6-11(13)14/h3-7H,2H2,1H3,(H2,13,14)/b6-4-. The van der Waals surface area contributed by atoms with Crippen molar-refractivity contribution in [3.63, 3.8) is 0 Å². The largest absolute Gasteiger partial charge is 0.493 e. The Morgan fingerprint density at radius 3 is 2.93 bits per heavy atom. The molecule has 1 amide bonds. The highest BCUT2D eigenvalue weighted by molar-refractivity contribution is 5.90. The summed E-state index contributed by atoms with van der Waals surface area (Å²) in [5, 5.41) is 0. The van der Waals surface area contributed by atoms with E-state index in [2.05, 4.69) is 0 Å². The molecule has 15 heavy (non-hydrogen) atoms. The minimum atomic E-state index is -0.554. The van der Waals surface area contributed by atoms with E-state index in [1.807, 2.05) is 0 Å². The quantitative estimate of drug-likeness (QED) is 0.767. The molecule has 0 spiro atoms. The number of benzene rings is 1. The number of amides is 1. The van der Waals surface area contributed by atoms with E-state index in [9.17, 15) is 9.18 Å². The average molecular weight is 209 g/mol. The van der Waals surface area contributed by atoms with E-state index in [0.717, 1.165) is 0 Å². The molecule has 2 N–H and O–H groups in total. The lowest BCUT2D eigenvalue weighted by molar-refractivity contribution is -0.113. The number of ether oxygens (including phenoxy) is 1. The van der Waals surface area contributed by atoms with Gasteiger partial charge in [0.1, 0.15) is 11.6 Å². The summed E-state index contributed by atoms with van der Waals surface area (Å²) < 4.78 is 18.1. The smallest absolute Gasteiger partial charge is 0.241 e. The van der Waals surface area contributed by atoms with Crippen molar-refractivity contribution in [2.45, 2.75) is 6.92 Å². The van der Waals surface area contributed by atoms with Crippen molar-refractivity contribution in [3.8, 4) is 5.75 Å². The number of halogens is 1. The van der Waals surface area contributed by atoms with E-state index in [4.69, 9.17) is 10.5 Å². The van der Waals surface area contributed by atoms with Crippen LogP contribution in [-0.4, -0.2) is 12.5 Å². The van der Waals surface area contributed by atoms with Gasteiger partial charge >= 0.3 is 0 Å². The van der Waals surface area contributed by atoms with Gasteiger partial charge in [0, 0.05) is 17.7 Å². The van der Waals surface area contributed by atoms with Crippen LogP contribution >= 0.6 is 0 Å². The third-order valence-corrected chi connectivity index (χ3v) is 1.70. The van der Waals surface area contributed by atoms with Crippen LogP contribution in [0, 0.1) is 5.82 Å². The molecule has 0 radical (unpaired) electrons. The maximum Gasteiger partial charge on any atom is 0.241 e. The average Bonchev–Trinajstić information content (AvgIpc) is 2.17. The lowest BCUT2D eigenvalue weighted by Crippen LogP contribution is -2.05. The number of primary amides is 1. The molecule has 0 fully saturated rings. The molecule has 0 saturated heterocycles. The second-order valence-electron chi connectivity index (χ2n) is 2.85. The highest BCUT2D eigenvalue weighted by Gasteiger charge is 2.02. The predicted molar refractivity (Wildman–Crippen MR) is 55.8 cm³/mol. The van der Waals surface area contributed by atoms with Crippen LogP contribution in [0.3, 0.4) is 0 Å². The molecule has 1 aromatic rings. The Hall–Kier alpha value is -1.84. The Morgan fingerprint density at radius 1 is 1.60 bits per heavy atom. The second kappa shape index (κ2) is 5.14. The van der Waals surface area contributed by atoms with Crippen molar-refractivity contribution in [2.75, 3.05) is 6.61 Å². The summed E-state index contributed by atoms with van der Waals surface area (Å²) in [4.78, 5) is 10.5. The van der Waals surface area contributed by atoms with Gasteiger partial charge in [0.15, 0.2) is 0 Å². The Bertz CT molecular complexity index is 388. The molecule has 80 valence electrons. The van der Waals surface area contributed by atoms with Crippen molar-refractivity contribution in [3.05, 3.63) is 35.7 Å². The zero-order valence-corrected chi connectivity index (χ0v) is 8.37. The van der Waals surface area contributed by atoms with Crippen LogP contribution in [0.4, 0.5) is 4.39 Å². The molecule has 0 aliphatic heterocycles. The van der Waals surface area contributed by atoms with Gasteiger partial charge < -0.3 is 10.5 Å². The van der Waals surface area contributed by atoms with E-state index in [1.54, 1.807) is 6.92 Å². The molecule has 0 aromatic heterocycles. The zero-order valence-electron chi connectivity index (χ0n) is 8.37. The van der Waals surface area contributed by atoms with Crippen molar-refractivity contribution in [2.24, 2.45) is 5.73 Å². The highest BCUT2D eigenvalue weighted by Crippen LogP contribution is 2.21. The van der Waals surface area contributed by atoms with Gasteiger partial charge in [-0.15, -0.1) is 0 Å². The Balaban J connectivity index is 3.00. The fourth-order valence-electron chi connectivity index (χ4n) is 1.10. The lowest BCUT2D eigenvalue weighted by Gasteiger charge is -2.06. The molecule has 0 heterocycles. The van der Waals surface area contributed by atoms with Crippen molar-refractivity contribution >= 4 is 12.0 Å². The molecule has 0 bridgehead atoms. The molecular weight excluding hydrogens is 197 g/mol. The molecule has 0 atom stereocenters. The molecule has 0 aliphatic rings. The summed E-state index contributed by atoms with van der Waals surface area (Å²) in [6.45, 7) is 2.23. The number of nitrogens with two attached hydrogens (primary N) is 1. The zero-order chi connectivity index (χ0) is 11.3. The third kappa shape index (κ3) is 3.42. The summed E-state index contributed by atoms with van der Waals surface area (Å²) >= 11 is 0. The van der Waals surface area contributed by atoms with Gasteiger partial charge in [-0.1, -0.05) is 0 Å². The fraction of sp³-hybridized carbons (Fsp3) is 0.182. The van der Waals surface area contributed by atoms with Gasteiger partial charge in [-0.2, -0.15) is 0 Å². The van der Waals surface area contributed by atoms with Gasteiger partial charge in [-0.3, -0.25) is 4.79 Å². The van der Waals surface area contributed by atoms with Crippen LogP contribution in [0.2, 0.25) is 0 Å². The van der Waals surface area contributed by atoms with Crippen molar-refractivity contribution in [1.82, 2.24) is 0 Å². The molecule has 0 saturated carbocycles. The van der Waals surface area contributed by atoms with E-state index in [-0.39, 0.29) is 5.82 Å². The van der Waals surface area contributed by atoms with Crippen molar-refractivity contribution < 1.29 is 13.9 Å². The molecule has 3 nitrogen and oxygen atoms in total. The van der Waals surface area contributed by atoms with E-state index in [1.165, 1.54) is 30.4 Å². The fourth-order valence-corrected chi connectivity index (χ4v) is 1.10. The number of carbonyl (C=O) groups is 1. The molecule has 1 rings (SSSR count). The molecule has 1 aromatic carbocycles. The lowest BCUT2D eigenvalue weighted by atomic mass is 10.2. The van der Waals surface area contributed by atoms with Crippen LogP contribution in [0.15, 0.2) is 24.3 Å². The molecule has 0 aliphatic carbocycles. The summed E-state index contributed by atoms with van der Waals surface area (Å²) in [5.41, 5.74) is 5.58. The van der Waals surface area contributed by atoms with Gasteiger partial charge in [0.05, 0.1) is 6.61 Å². The first kappa shape index (κ1) is 11.2. The highest BCUT2D eigenvalue weighted by atomic mass is 19.1. The SMILES string of the molecule is CCOc1cc(F)ccc1/C=C\C(N)=O. The topological polar surface area (TPSA) is 52.3 Å². The molecular formula is C11H12FNO2. The summed E-state index contributed by atoms with van der Waals surface area (Å²) in [6, 6.07) is 4.09. The minimum Gasteiger partial charge on any atom is -0.493 e. The van der Waals surface area contributed by atoms with E-state index >= 15 is 0 Å². The van der Waals surface area contributed by atoms with Crippen LogP contribution in [0.25, 0.3) is 6.08 Å². The Morgan fingerprint density at radius 2 is 2.33 bits per heavy atom. The maximum absolute atomic E-state index is 12.9. The molecule has 0 unspecified atom stereocenters. The first-order chi connectivity index (χ1) is 7.13. The van der Waals surface area contributed by atoms with Crippen LogP contribution in [-0.2, 0) is 4.79 Å². The third-order valence-electron chi connectivity index (χ3n) is 1.70. The van der Waals surface area contributed by atoms with E-state index in [0.29, 0.717) is 17.9 Å². The van der Waals surface area contributed by atoms with Gasteiger partial charge in [-0.25, -0.2) is 4.39 Å². The van der Waals surface area contributed by atoms with Gasteiger partial charge in [-0.05, 0) is 25.1 Å². The Labute approximate surface area is 87.3 Å². The number of hydrogen-bond donors (Lipinski definition) is 1. The monoisotopic (exact) mass is 209 g/mol. The summed E-state index contributed by atoms with van der Waals surface area (Å²) in [5.74, 6) is -0.536. The van der Waals surface area contributed by atoms with E-state index < -0.39 is 5.91 Å². The number of carbonyl (C=O) groups excluding carboxylic acids is 1. The summed E-state index contributed by atoms with van der Waals surface area (Å²) in [7, 11) is 0. The second-order valence-corrected chi connectivity index (χ2v) is 2.85. The maximum atomic E-state index is 12.9. The van der Waals surface area contributed by atoms with Gasteiger partial charge in [0.2, 0.25) is 5.91 Å². The predicted octanol–water partition coefficient (Wildman–Crippen LogP) is 1.72. The Kier molecular flexibility index (Phi) is 3.85. The first-order valence-corrected chi connectivity index (χ1v) is 4.53. The molecule has 4 heteroatoms. The first-order valence-electron chi connectivity index (χ1n) is 4.53. The normalized spacial score (nSPS) is 10.5. The van der Waals surface area contributed by atoms with Crippen LogP contribution < -0.4 is 10.5 Å². The minimum absolute atomic E-state index is 0.380. The van der Waals surface area contributed by atoms with Crippen molar-refractivity contribution in [1.29, 1.82) is 0 Å².